The molecule has 1 N–H and O–H groups in total. The fraction of sp³-hybridized carbons (Fsp3) is 0.481. The molecule has 1 saturated heterocycles. The predicted octanol–water partition coefficient (Wildman–Crippen LogP) is 4.97. The van der Waals surface area contributed by atoms with Gasteiger partial charge in [-0.15, -0.1) is 0 Å². The molecule has 0 aromatic heterocycles. The average Bonchev–Trinajstić information content (AvgIpc) is 2.77. The second kappa shape index (κ2) is 9.85. The summed E-state index contributed by atoms with van der Waals surface area (Å²) in [6, 6.07) is 14.6. The number of hydrogen-bond acceptors (Lipinski definition) is 2. The van der Waals surface area contributed by atoms with Crippen LogP contribution in [0, 0.1) is 17.2 Å². The van der Waals surface area contributed by atoms with Gasteiger partial charge in [-0.2, -0.15) is 0 Å². The van der Waals surface area contributed by atoms with E-state index >= 15 is 0 Å². The maximum absolute atomic E-state index is 13.9. The first kappa shape index (κ1) is 22.5. The molecule has 170 valence electrons. The summed E-state index contributed by atoms with van der Waals surface area (Å²) >= 11 is 0. The van der Waals surface area contributed by atoms with Crippen LogP contribution in [0.5, 0.6) is 0 Å². The molecule has 4 nitrogen and oxygen atoms in total. The van der Waals surface area contributed by atoms with Crippen LogP contribution >= 0.6 is 0 Å². The third-order valence-corrected chi connectivity index (χ3v) is 7.19. The van der Waals surface area contributed by atoms with Crippen molar-refractivity contribution < 1.29 is 14.0 Å². The van der Waals surface area contributed by atoms with Crippen LogP contribution in [0.4, 0.5) is 4.39 Å². The molecule has 1 aliphatic carbocycles. The van der Waals surface area contributed by atoms with Crippen LogP contribution in [0.2, 0.25) is 0 Å². The molecule has 4 rings (SSSR count). The molecule has 0 spiro atoms. The average molecular weight is 437 g/mol. The minimum atomic E-state index is -0.561. The van der Waals surface area contributed by atoms with Crippen molar-refractivity contribution in [3.05, 3.63) is 59.9 Å². The summed E-state index contributed by atoms with van der Waals surface area (Å²) in [6.07, 6.45) is 5.91. The van der Waals surface area contributed by atoms with Crippen LogP contribution in [0.15, 0.2) is 48.5 Å². The number of carbonyl (C=O) groups excluding carboxylic acids is 2. The molecule has 1 saturated carbocycles. The Morgan fingerprint density at radius 1 is 1.09 bits per heavy atom. The van der Waals surface area contributed by atoms with E-state index in [1.165, 1.54) is 6.07 Å². The van der Waals surface area contributed by atoms with Crippen LogP contribution < -0.4 is 5.32 Å². The monoisotopic (exact) mass is 436 g/mol. The Morgan fingerprint density at radius 3 is 2.50 bits per heavy atom. The van der Waals surface area contributed by atoms with Crippen LogP contribution in [0.3, 0.4) is 0 Å². The van der Waals surface area contributed by atoms with Gasteiger partial charge in [0, 0.05) is 25.6 Å². The van der Waals surface area contributed by atoms with E-state index in [2.05, 4.69) is 5.32 Å². The molecular weight excluding hydrogens is 403 g/mol. The van der Waals surface area contributed by atoms with Crippen molar-refractivity contribution in [1.29, 1.82) is 0 Å². The molecule has 1 aliphatic heterocycles. The lowest BCUT2D eigenvalue weighted by molar-refractivity contribution is -0.145. The molecule has 5 heteroatoms. The fourth-order valence-corrected chi connectivity index (χ4v) is 4.96. The number of nitrogens with one attached hydrogen (secondary N) is 1. The van der Waals surface area contributed by atoms with Crippen molar-refractivity contribution in [1.82, 2.24) is 10.2 Å². The summed E-state index contributed by atoms with van der Waals surface area (Å²) in [6.45, 7) is 3.94. The number of amides is 2. The summed E-state index contributed by atoms with van der Waals surface area (Å²) < 4.78 is 13.9. The van der Waals surface area contributed by atoms with Crippen LogP contribution in [0.1, 0.15) is 51.0 Å². The Kier molecular flexibility index (Phi) is 6.92. The van der Waals surface area contributed by atoms with Gasteiger partial charge in [-0.1, -0.05) is 49.7 Å². The van der Waals surface area contributed by atoms with Crippen molar-refractivity contribution >= 4 is 11.8 Å². The quantitative estimate of drug-likeness (QED) is 0.666. The largest absolute Gasteiger partial charge is 0.356 e. The SMILES string of the molecule is CCCNC(=O)C1(Cc2ccccc2-c2cccc(F)c2)CCN(C(=O)C2CCC2)CC1. The second-order valence-electron chi connectivity index (χ2n) is 9.33. The summed E-state index contributed by atoms with van der Waals surface area (Å²) in [5.74, 6) is 0.253. The number of rotatable bonds is 7. The number of likely N-dealkylation sites (tertiary alicyclic amines) is 1. The summed E-state index contributed by atoms with van der Waals surface area (Å²) in [7, 11) is 0. The van der Waals surface area contributed by atoms with Gasteiger partial charge in [-0.3, -0.25) is 9.59 Å². The molecule has 0 bridgehead atoms. The first-order chi connectivity index (χ1) is 15.5. The summed E-state index contributed by atoms with van der Waals surface area (Å²) in [4.78, 5) is 28.1. The highest BCUT2D eigenvalue weighted by Crippen LogP contribution is 2.39. The van der Waals surface area contributed by atoms with Gasteiger partial charge in [0.25, 0.3) is 0 Å². The molecule has 32 heavy (non-hydrogen) atoms. The maximum Gasteiger partial charge on any atom is 0.226 e. The molecule has 2 aromatic rings. The van der Waals surface area contributed by atoms with E-state index < -0.39 is 5.41 Å². The second-order valence-corrected chi connectivity index (χ2v) is 9.33. The lowest BCUT2D eigenvalue weighted by atomic mass is 9.71. The number of benzene rings is 2. The molecule has 2 fully saturated rings. The van der Waals surface area contributed by atoms with Crippen molar-refractivity contribution in [3.63, 3.8) is 0 Å². The van der Waals surface area contributed by atoms with E-state index in [4.69, 9.17) is 0 Å². The Bertz CT molecular complexity index is 962. The van der Waals surface area contributed by atoms with E-state index in [9.17, 15) is 14.0 Å². The van der Waals surface area contributed by atoms with Crippen molar-refractivity contribution in [2.45, 2.75) is 51.9 Å². The Hall–Kier alpha value is -2.69. The molecular formula is C27H33FN2O2. The highest BCUT2D eigenvalue weighted by atomic mass is 19.1. The maximum atomic E-state index is 13.9. The summed E-state index contributed by atoms with van der Waals surface area (Å²) in [5, 5.41) is 3.12. The van der Waals surface area contributed by atoms with Crippen LogP contribution in [-0.4, -0.2) is 36.3 Å². The zero-order valence-corrected chi connectivity index (χ0v) is 18.9. The van der Waals surface area contributed by atoms with E-state index in [-0.39, 0.29) is 23.5 Å². The van der Waals surface area contributed by atoms with Crippen molar-refractivity contribution in [2.75, 3.05) is 19.6 Å². The van der Waals surface area contributed by atoms with E-state index in [1.54, 1.807) is 12.1 Å². The standard InChI is InChI=1S/C27H33FN2O2/c1-2-15-29-26(32)27(13-16-30(17-14-27)25(31)20-8-5-9-20)19-22-7-3-4-12-24(22)21-10-6-11-23(28)18-21/h3-4,6-7,10-12,18,20H,2,5,8-9,13-17,19H2,1H3,(H,29,32). The topological polar surface area (TPSA) is 49.4 Å². The Morgan fingerprint density at radius 2 is 1.84 bits per heavy atom. The smallest absolute Gasteiger partial charge is 0.226 e. The van der Waals surface area contributed by atoms with Gasteiger partial charge in [0.15, 0.2) is 0 Å². The lowest BCUT2D eigenvalue weighted by Gasteiger charge is -2.43. The minimum Gasteiger partial charge on any atom is -0.356 e. The van der Waals surface area contributed by atoms with Gasteiger partial charge in [0.1, 0.15) is 5.82 Å². The molecule has 2 amide bonds. The number of hydrogen-bond donors (Lipinski definition) is 1. The first-order valence-electron chi connectivity index (χ1n) is 11.9. The third-order valence-electron chi connectivity index (χ3n) is 7.19. The number of nitrogens with zero attached hydrogens (tertiary/aromatic N) is 1. The zero-order valence-electron chi connectivity index (χ0n) is 18.9. The highest BCUT2D eigenvalue weighted by molar-refractivity contribution is 5.85. The third kappa shape index (κ3) is 4.72. The van der Waals surface area contributed by atoms with Gasteiger partial charge in [0.05, 0.1) is 5.41 Å². The van der Waals surface area contributed by atoms with E-state index in [0.29, 0.717) is 38.9 Å². The molecule has 0 atom stereocenters. The number of carbonyl (C=O) groups is 2. The Labute approximate surface area is 190 Å². The molecule has 1 heterocycles. The van der Waals surface area contributed by atoms with Gasteiger partial charge >= 0.3 is 0 Å². The van der Waals surface area contributed by atoms with E-state index in [1.807, 2.05) is 42.2 Å². The van der Waals surface area contributed by atoms with E-state index in [0.717, 1.165) is 42.4 Å². The number of halogens is 1. The lowest BCUT2D eigenvalue weighted by Crippen LogP contribution is -2.52. The molecule has 0 radical (unpaired) electrons. The predicted molar refractivity (Wildman–Crippen MR) is 124 cm³/mol. The van der Waals surface area contributed by atoms with Crippen LogP contribution in [-0.2, 0) is 16.0 Å². The summed E-state index contributed by atoms with van der Waals surface area (Å²) in [5.41, 5.74) is 2.27. The van der Waals surface area contributed by atoms with Gasteiger partial charge in [-0.25, -0.2) is 4.39 Å². The van der Waals surface area contributed by atoms with Gasteiger partial charge in [-0.05, 0) is 67.3 Å². The number of piperidine rings is 1. The van der Waals surface area contributed by atoms with Crippen molar-refractivity contribution in [3.8, 4) is 11.1 Å². The van der Waals surface area contributed by atoms with Crippen molar-refractivity contribution in [2.24, 2.45) is 11.3 Å². The molecule has 0 unspecified atom stereocenters. The zero-order chi connectivity index (χ0) is 22.6. The first-order valence-corrected chi connectivity index (χ1v) is 11.9. The minimum absolute atomic E-state index is 0.0733. The fourth-order valence-electron chi connectivity index (χ4n) is 4.96. The van der Waals surface area contributed by atoms with Gasteiger partial charge in [0.2, 0.25) is 11.8 Å². The van der Waals surface area contributed by atoms with Gasteiger partial charge < -0.3 is 10.2 Å². The molecule has 2 aromatic carbocycles. The normalized spacial score (nSPS) is 18.1. The van der Waals surface area contributed by atoms with Crippen LogP contribution in [0.25, 0.3) is 11.1 Å². The highest BCUT2D eigenvalue weighted by Gasteiger charge is 2.43. The Balaban J connectivity index is 1.59. The molecule has 2 aliphatic rings.